The predicted octanol–water partition coefficient (Wildman–Crippen LogP) is -0.930. The molecule has 9 heteroatoms. The number of aromatic nitrogens is 1. The van der Waals surface area contributed by atoms with Gasteiger partial charge < -0.3 is 21.3 Å². The smallest absolute Gasteiger partial charge is 0.313 e. The van der Waals surface area contributed by atoms with Gasteiger partial charge in [0.05, 0.1) is 24.0 Å². The van der Waals surface area contributed by atoms with Gasteiger partial charge >= 0.3 is 5.91 Å². The van der Waals surface area contributed by atoms with Crippen molar-refractivity contribution >= 4 is 29.1 Å². The fourth-order valence-electron chi connectivity index (χ4n) is 4.39. The number of carbonyl (C=O) groups is 3. The molecule has 0 aromatic carbocycles. The van der Waals surface area contributed by atoms with Crippen molar-refractivity contribution in [1.82, 2.24) is 15.2 Å². The van der Waals surface area contributed by atoms with Crippen molar-refractivity contribution in [3.05, 3.63) is 24.0 Å². The first kappa shape index (κ1) is 21.7. The first-order valence-corrected chi connectivity index (χ1v) is 10.6. The third-order valence-electron chi connectivity index (χ3n) is 6.26. The summed E-state index contributed by atoms with van der Waals surface area (Å²) in [7, 11) is 0. The van der Waals surface area contributed by atoms with E-state index in [4.69, 9.17) is 11.1 Å². The van der Waals surface area contributed by atoms with Gasteiger partial charge in [0.25, 0.3) is 5.71 Å². The Morgan fingerprint density at radius 1 is 1.27 bits per heavy atom. The van der Waals surface area contributed by atoms with Gasteiger partial charge in [0.2, 0.25) is 11.8 Å². The van der Waals surface area contributed by atoms with Crippen LogP contribution in [0, 0.1) is 11.8 Å². The molecule has 1 aromatic heterocycles. The minimum Gasteiger partial charge on any atom is -0.374 e. The topological polar surface area (TPSA) is 143 Å². The van der Waals surface area contributed by atoms with Crippen LogP contribution < -0.4 is 21.8 Å². The molecule has 2 heterocycles. The summed E-state index contributed by atoms with van der Waals surface area (Å²) in [6.45, 7) is 3.43. The Hall–Kier alpha value is -2.97. The van der Waals surface area contributed by atoms with Crippen LogP contribution in [-0.2, 0) is 14.4 Å². The van der Waals surface area contributed by atoms with Gasteiger partial charge in [-0.15, -0.1) is 0 Å². The molecule has 3 amide bonds. The average Bonchev–Trinajstić information content (AvgIpc) is 3.39. The highest BCUT2D eigenvalue weighted by atomic mass is 16.2. The van der Waals surface area contributed by atoms with Crippen molar-refractivity contribution in [3.8, 4) is 0 Å². The molecule has 1 saturated carbocycles. The molecule has 2 aliphatic rings. The van der Waals surface area contributed by atoms with E-state index < -0.39 is 11.9 Å². The number of nitrogens with one attached hydrogen (secondary N) is 2. The number of hydrogen-bond acceptors (Lipinski definition) is 5. The molecule has 30 heavy (non-hydrogen) atoms. The molecule has 1 aliphatic heterocycles. The monoisotopic (exact) mass is 415 g/mol. The molecule has 0 spiro atoms. The lowest BCUT2D eigenvalue weighted by atomic mass is 9.98. The first-order valence-electron chi connectivity index (χ1n) is 10.6. The fraction of sp³-hybridized carbons (Fsp3) is 0.571. The Morgan fingerprint density at radius 2 is 2.07 bits per heavy atom. The van der Waals surface area contributed by atoms with E-state index in [-0.39, 0.29) is 24.1 Å². The highest BCUT2D eigenvalue weighted by molar-refractivity contribution is 6.43. The van der Waals surface area contributed by atoms with Gasteiger partial charge in [-0.25, -0.2) is 5.41 Å². The number of primary amides is 1. The normalized spacial score (nSPS) is 23.2. The molecule has 1 saturated heterocycles. The van der Waals surface area contributed by atoms with Crippen molar-refractivity contribution in [2.24, 2.45) is 17.6 Å². The maximum Gasteiger partial charge on any atom is 0.313 e. The second kappa shape index (κ2) is 9.69. The van der Waals surface area contributed by atoms with Crippen molar-refractivity contribution in [2.45, 2.75) is 45.1 Å². The Morgan fingerprint density at radius 3 is 2.77 bits per heavy atom. The second-order valence-electron chi connectivity index (χ2n) is 8.21. The van der Waals surface area contributed by atoms with Crippen molar-refractivity contribution in [3.63, 3.8) is 0 Å². The molecule has 1 aliphatic carbocycles. The first-order chi connectivity index (χ1) is 14.4. The van der Waals surface area contributed by atoms with Gasteiger partial charge in [-0.3, -0.25) is 19.4 Å². The summed E-state index contributed by atoms with van der Waals surface area (Å²) in [5.74, 6) is 0.150. The third kappa shape index (κ3) is 4.95. The van der Waals surface area contributed by atoms with E-state index in [9.17, 15) is 14.4 Å². The minimum atomic E-state index is -0.747. The summed E-state index contributed by atoms with van der Waals surface area (Å²) in [5, 5.41) is 11.8. The molecule has 3 atom stereocenters. The summed E-state index contributed by atoms with van der Waals surface area (Å²) in [6, 6.07) is 1.12. The van der Waals surface area contributed by atoms with Crippen molar-refractivity contribution in [1.29, 1.82) is 0 Å². The van der Waals surface area contributed by atoms with Gasteiger partial charge in [-0.2, -0.15) is 0 Å². The van der Waals surface area contributed by atoms with Crippen LogP contribution in [0.25, 0.3) is 0 Å². The molecular formula is C21H31N6O3+. The van der Waals surface area contributed by atoms with Crippen LogP contribution >= 0.6 is 0 Å². The zero-order chi connectivity index (χ0) is 21.7. The summed E-state index contributed by atoms with van der Waals surface area (Å²) in [4.78, 5) is 42.5. The van der Waals surface area contributed by atoms with Gasteiger partial charge in [-0.1, -0.05) is 19.8 Å². The summed E-state index contributed by atoms with van der Waals surface area (Å²) in [6.07, 6.45) is 8.02. The number of anilines is 1. The molecule has 9 nitrogen and oxygen atoms in total. The Kier molecular flexibility index (Phi) is 7.02. The number of nitrogens with zero attached hydrogens (tertiary/aromatic N) is 2. The summed E-state index contributed by atoms with van der Waals surface area (Å²) >= 11 is 0. The standard InChI is InChI=1S/C21H30N6O3/c1-13-4-2-5-14(13)10-26-21(30)17-6-3-9-27(17)18(28)12-25-16-11-24-8-7-15(16)19(22)20(23)29/h7-8,11,13-14,17,22,25H,2-6,9-10,12H2,1H3,(H2,23,29)(H,26,30)/p+1. The van der Waals surface area contributed by atoms with Crippen LogP contribution in [0.4, 0.5) is 5.69 Å². The van der Waals surface area contributed by atoms with Crippen LogP contribution in [-0.4, -0.2) is 59.0 Å². The Balaban J connectivity index is 1.56. The summed E-state index contributed by atoms with van der Waals surface area (Å²) < 4.78 is 0. The van der Waals surface area contributed by atoms with E-state index in [2.05, 4.69) is 22.5 Å². The lowest BCUT2D eigenvalue weighted by molar-refractivity contribution is -0.137. The van der Waals surface area contributed by atoms with Crippen LogP contribution in [0.15, 0.2) is 18.5 Å². The van der Waals surface area contributed by atoms with E-state index in [1.165, 1.54) is 25.2 Å². The van der Waals surface area contributed by atoms with Crippen LogP contribution in [0.2, 0.25) is 0 Å². The SMILES string of the molecule is CC1CCCC1CNC(=O)C1CCCN1C(=O)CNc1cnccc1C(=[NH2+])C(N)=O. The second-order valence-corrected chi connectivity index (χ2v) is 8.21. The number of nitrogens with two attached hydrogens (primary N) is 2. The van der Waals surface area contributed by atoms with Crippen LogP contribution in [0.3, 0.4) is 0 Å². The maximum absolute atomic E-state index is 12.8. The number of likely N-dealkylation sites (tertiary alicyclic amines) is 1. The number of pyridine rings is 1. The lowest BCUT2D eigenvalue weighted by Crippen LogP contribution is -2.49. The Labute approximate surface area is 176 Å². The molecule has 2 fully saturated rings. The molecule has 162 valence electrons. The van der Waals surface area contributed by atoms with Gasteiger partial charge in [0.15, 0.2) is 0 Å². The zero-order valence-electron chi connectivity index (χ0n) is 17.4. The zero-order valence-corrected chi connectivity index (χ0v) is 17.4. The van der Waals surface area contributed by atoms with E-state index in [0.29, 0.717) is 42.6 Å². The van der Waals surface area contributed by atoms with E-state index in [1.54, 1.807) is 11.0 Å². The van der Waals surface area contributed by atoms with Crippen molar-refractivity contribution < 1.29 is 19.8 Å². The third-order valence-corrected chi connectivity index (χ3v) is 6.26. The van der Waals surface area contributed by atoms with Gasteiger partial charge in [0.1, 0.15) is 6.04 Å². The predicted molar refractivity (Wildman–Crippen MR) is 112 cm³/mol. The number of amides is 3. The van der Waals surface area contributed by atoms with Crippen LogP contribution in [0.1, 0.15) is 44.6 Å². The fourth-order valence-corrected chi connectivity index (χ4v) is 4.39. The van der Waals surface area contributed by atoms with Crippen LogP contribution in [0.5, 0.6) is 0 Å². The molecule has 6 N–H and O–H groups in total. The molecule has 1 aromatic rings. The van der Waals surface area contributed by atoms with E-state index >= 15 is 0 Å². The number of hydrogen-bond donors (Lipinski definition) is 4. The average molecular weight is 416 g/mol. The lowest BCUT2D eigenvalue weighted by Gasteiger charge is -2.25. The molecule has 3 rings (SSSR count). The van der Waals surface area contributed by atoms with Crippen molar-refractivity contribution in [2.75, 3.05) is 25.0 Å². The summed E-state index contributed by atoms with van der Waals surface area (Å²) in [5.41, 5.74) is 5.99. The van der Waals surface area contributed by atoms with Gasteiger partial charge in [0, 0.05) is 19.3 Å². The number of carbonyl (C=O) groups excluding carboxylic acids is 3. The molecular weight excluding hydrogens is 384 g/mol. The molecule has 3 unspecified atom stereocenters. The molecule has 0 radical (unpaired) electrons. The highest BCUT2D eigenvalue weighted by Gasteiger charge is 2.34. The maximum atomic E-state index is 12.8. The van der Waals surface area contributed by atoms with E-state index in [1.807, 2.05) is 0 Å². The Bertz CT molecular complexity index is 827. The quantitative estimate of drug-likeness (QED) is 0.406. The van der Waals surface area contributed by atoms with Gasteiger partial charge in [-0.05, 0) is 37.2 Å². The molecule has 0 bridgehead atoms. The minimum absolute atomic E-state index is 0.0336. The largest absolute Gasteiger partial charge is 0.374 e. The van der Waals surface area contributed by atoms with E-state index in [0.717, 1.165) is 12.8 Å². The highest BCUT2D eigenvalue weighted by Crippen LogP contribution is 2.30. The number of rotatable bonds is 8.